The Morgan fingerprint density at radius 3 is 2.65 bits per heavy atom. The summed E-state index contributed by atoms with van der Waals surface area (Å²) in [6.45, 7) is 3.62. The highest BCUT2D eigenvalue weighted by Gasteiger charge is 2.11. The second-order valence-electron chi connectivity index (χ2n) is 4.56. The first-order valence-corrected chi connectivity index (χ1v) is 6.60. The number of aromatic nitrogens is 1. The van der Waals surface area contributed by atoms with Crippen LogP contribution in [0.3, 0.4) is 0 Å². The lowest BCUT2D eigenvalue weighted by Gasteiger charge is -2.19. The van der Waals surface area contributed by atoms with E-state index in [1.54, 1.807) is 12.1 Å². The zero-order valence-corrected chi connectivity index (χ0v) is 12.0. The number of pyridine rings is 1. The molecule has 0 radical (unpaired) electrons. The monoisotopic (exact) mass is 279 g/mol. The normalized spacial score (nSPS) is 10.6. The van der Waals surface area contributed by atoms with Crippen LogP contribution in [0.15, 0.2) is 18.3 Å². The first-order valence-electron chi connectivity index (χ1n) is 6.60. The smallest absolute Gasteiger partial charge is 0.339 e. The highest BCUT2D eigenvalue weighted by molar-refractivity contribution is 5.88. The number of nitrogens with zero attached hydrogens (tertiary/aromatic N) is 2. The molecule has 6 nitrogen and oxygen atoms in total. The number of hydrogen-bond donors (Lipinski definition) is 1. The van der Waals surface area contributed by atoms with Crippen molar-refractivity contribution in [3.8, 4) is 0 Å². The van der Waals surface area contributed by atoms with Gasteiger partial charge in [0.1, 0.15) is 0 Å². The van der Waals surface area contributed by atoms with Gasteiger partial charge in [0.05, 0.1) is 24.9 Å². The van der Waals surface area contributed by atoms with E-state index in [9.17, 15) is 9.59 Å². The topological polar surface area (TPSA) is 85.5 Å². The van der Waals surface area contributed by atoms with Crippen LogP contribution in [-0.2, 0) is 16.1 Å². The second kappa shape index (κ2) is 8.27. The van der Waals surface area contributed by atoms with Gasteiger partial charge in [-0.15, -0.1) is 0 Å². The van der Waals surface area contributed by atoms with Gasteiger partial charge in [-0.05, 0) is 25.1 Å². The van der Waals surface area contributed by atoms with Gasteiger partial charge in [-0.25, -0.2) is 4.79 Å². The quantitative estimate of drug-likeness (QED) is 0.716. The van der Waals surface area contributed by atoms with Crippen LogP contribution in [0.2, 0.25) is 0 Å². The Hall–Kier alpha value is -1.95. The molecule has 20 heavy (non-hydrogen) atoms. The van der Waals surface area contributed by atoms with Gasteiger partial charge in [0.25, 0.3) is 0 Å². The lowest BCUT2D eigenvalue weighted by Crippen LogP contribution is -2.34. The van der Waals surface area contributed by atoms with Gasteiger partial charge in [0, 0.05) is 12.7 Å². The fraction of sp³-hybridized carbons (Fsp3) is 0.500. The van der Waals surface area contributed by atoms with Gasteiger partial charge < -0.3 is 10.5 Å². The number of amides is 1. The second-order valence-corrected chi connectivity index (χ2v) is 4.56. The van der Waals surface area contributed by atoms with E-state index in [0.717, 1.165) is 25.1 Å². The molecule has 0 aliphatic rings. The lowest BCUT2D eigenvalue weighted by atomic mass is 10.2. The minimum Gasteiger partial charge on any atom is -0.465 e. The van der Waals surface area contributed by atoms with Crippen molar-refractivity contribution in [3.05, 3.63) is 29.6 Å². The molecule has 0 atom stereocenters. The number of hydrogen-bond acceptors (Lipinski definition) is 5. The first kappa shape index (κ1) is 16.1. The Balaban J connectivity index is 2.67. The van der Waals surface area contributed by atoms with Crippen molar-refractivity contribution >= 4 is 11.9 Å². The third kappa shape index (κ3) is 5.36. The summed E-state index contributed by atoms with van der Waals surface area (Å²) in [6.07, 6.45) is 3.51. The van der Waals surface area contributed by atoms with E-state index in [1.165, 1.54) is 13.3 Å². The van der Waals surface area contributed by atoms with Crippen LogP contribution in [0.1, 0.15) is 35.8 Å². The number of unbranched alkanes of at least 4 members (excludes halogenated alkanes) is 1. The average Bonchev–Trinajstić information content (AvgIpc) is 2.44. The van der Waals surface area contributed by atoms with Crippen LogP contribution in [-0.4, -0.2) is 42.0 Å². The fourth-order valence-electron chi connectivity index (χ4n) is 1.80. The molecule has 0 unspecified atom stereocenters. The van der Waals surface area contributed by atoms with Crippen LogP contribution in [0.25, 0.3) is 0 Å². The number of methoxy groups -OCH3 is 1. The number of esters is 1. The van der Waals surface area contributed by atoms with E-state index in [4.69, 9.17) is 5.73 Å². The molecule has 1 rings (SSSR count). The van der Waals surface area contributed by atoms with Crippen LogP contribution >= 0.6 is 0 Å². The van der Waals surface area contributed by atoms with Gasteiger partial charge in [-0.2, -0.15) is 0 Å². The molecule has 0 bridgehead atoms. The molecule has 0 fully saturated rings. The molecular formula is C14H21N3O3. The summed E-state index contributed by atoms with van der Waals surface area (Å²) in [5.74, 6) is -0.767. The molecule has 1 amide bonds. The number of primary amides is 1. The summed E-state index contributed by atoms with van der Waals surface area (Å²) in [7, 11) is 1.33. The molecule has 2 N–H and O–H groups in total. The molecule has 6 heteroatoms. The van der Waals surface area contributed by atoms with Gasteiger partial charge in [0.2, 0.25) is 5.91 Å². The van der Waals surface area contributed by atoms with E-state index in [2.05, 4.69) is 16.6 Å². The molecule has 0 aromatic carbocycles. The summed E-state index contributed by atoms with van der Waals surface area (Å²) >= 11 is 0. The molecular weight excluding hydrogens is 258 g/mol. The summed E-state index contributed by atoms with van der Waals surface area (Å²) in [5, 5.41) is 0. The third-order valence-electron chi connectivity index (χ3n) is 2.84. The van der Waals surface area contributed by atoms with Crippen molar-refractivity contribution in [2.45, 2.75) is 26.3 Å². The Labute approximate surface area is 118 Å². The van der Waals surface area contributed by atoms with Crippen molar-refractivity contribution in [2.24, 2.45) is 5.73 Å². The van der Waals surface area contributed by atoms with E-state index >= 15 is 0 Å². The summed E-state index contributed by atoms with van der Waals surface area (Å²) in [4.78, 5) is 28.5. The number of carbonyl (C=O) groups excluding carboxylic acids is 2. The first-order chi connectivity index (χ1) is 9.56. The van der Waals surface area contributed by atoms with Crippen molar-refractivity contribution in [1.82, 2.24) is 9.88 Å². The van der Waals surface area contributed by atoms with E-state index in [0.29, 0.717) is 12.1 Å². The lowest BCUT2D eigenvalue weighted by molar-refractivity contribution is -0.119. The van der Waals surface area contributed by atoms with E-state index < -0.39 is 5.97 Å². The molecule has 0 aliphatic heterocycles. The van der Waals surface area contributed by atoms with Crippen LogP contribution in [0, 0.1) is 0 Å². The van der Waals surface area contributed by atoms with E-state index in [-0.39, 0.29) is 12.5 Å². The molecule has 0 saturated heterocycles. The molecule has 110 valence electrons. The maximum Gasteiger partial charge on any atom is 0.339 e. The van der Waals surface area contributed by atoms with Crippen molar-refractivity contribution < 1.29 is 14.3 Å². The maximum absolute atomic E-state index is 11.3. The standard InChI is InChI=1S/C14H21N3O3/c1-3-4-7-17(10-13(15)18)9-12-6-5-11(8-16-12)14(19)20-2/h5-6,8H,3-4,7,9-10H2,1-2H3,(H2,15,18). The zero-order valence-electron chi connectivity index (χ0n) is 12.0. The minimum absolute atomic E-state index is 0.209. The number of nitrogens with two attached hydrogens (primary N) is 1. The fourth-order valence-corrected chi connectivity index (χ4v) is 1.80. The SMILES string of the molecule is CCCCN(CC(N)=O)Cc1ccc(C(=O)OC)cn1. The number of ether oxygens (including phenoxy) is 1. The van der Waals surface area contributed by atoms with Gasteiger partial charge in [-0.1, -0.05) is 13.3 Å². The maximum atomic E-state index is 11.3. The minimum atomic E-state index is -0.413. The van der Waals surface area contributed by atoms with Crippen LogP contribution < -0.4 is 5.73 Å². The summed E-state index contributed by atoms with van der Waals surface area (Å²) < 4.78 is 4.61. The summed E-state index contributed by atoms with van der Waals surface area (Å²) in [5.41, 5.74) is 6.43. The molecule has 0 spiro atoms. The predicted molar refractivity (Wildman–Crippen MR) is 75.0 cm³/mol. The third-order valence-corrected chi connectivity index (χ3v) is 2.84. The molecule has 0 aliphatic carbocycles. The molecule has 1 aromatic rings. The predicted octanol–water partition coefficient (Wildman–Crippen LogP) is 0.956. The molecule has 1 heterocycles. The average molecular weight is 279 g/mol. The van der Waals surface area contributed by atoms with Gasteiger partial charge in [-0.3, -0.25) is 14.7 Å². The number of rotatable bonds is 8. The molecule has 1 aromatic heterocycles. The summed E-state index contributed by atoms with van der Waals surface area (Å²) in [6, 6.07) is 3.42. The highest BCUT2D eigenvalue weighted by atomic mass is 16.5. The Morgan fingerprint density at radius 1 is 1.40 bits per heavy atom. The van der Waals surface area contributed by atoms with E-state index in [1.807, 2.05) is 4.90 Å². The largest absolute Gasteiger partial charge is 0.465 e. The zero-order chi connectivity index (χ0) is 15.0. The Morgan fingerprint density at radius 2 is 2.15 bits per heavy atom. The van der Waals surface area contributed by atoms with Crippen LogP contribution in [0.4, 0.5) is 0 Å². The van der Waals surface area contributed by atoms with Crippen molar-refractivity contribution in [2.75, 3.05) is 20.2 Å². The highest BCUT2D eigenvalue weighted by Crippen LogP contribution is 2.06. The van der Waals surface area contributed by atoms with Gasteiger partial charge in [0.15, 0.2) is 0 Å². The van der Waals surface area contributed by atoms with Crippen molar-refractivity contribution in [3.63, 3.8) is 0 Å². The Bertz CT molecular complexity index is 445. The van der Waals surface area contributed by atoms with Crippen molar-refractivity contribution in [1.29, 1.82) is 0 Å². The van der Waals surface area contributed by atoms with Crippen LogP contribution in [0.5, 0.6) is 0 Å². The number of carbonyl (C=O) groups is 2. The Kier molecular flexibility index (Phi) is 6.66. The molecule has 0 saturated carbocycles. The van der Waals surface area contributed by atoms with Gasteiger partial charge >= 0.3 is 5.97 Å².